The molecule has 0 aliphatic heterocycles. The molecule has 78 valence electrons. The van der Waals surface area contributed by atoms with Crippen LogP contribution in [0, 0.1) is 5.92 Å². The second-order valence-electron chi connectivity index (χ2n) is 4.80. The van der Waals surface area contributed by atoms with E-state index in [4.69, 9.17) is 0 Å². The molecule has 3 nitrogen and oxygen atoms in total. The quantitative estimate of drug-likeness (QED) is 0.832. The molecule has 1 fully saturated rings. The second kappa shape index (κ2) is 3.50. The van der Waals surface area contributed by atoms with Gasteiger partial charge in [-0.2, -0.15) is 4.37 Å². The molecule has 0 amide bonds. The molecule has 14 heavy (non-hydrogen) atoms. The Morgan fingerprint density at radius 3 is 2.79 bits per heavy atom. The molecule has 1 heterocycles. The molecule has 0 aromatic carbocycles. The SMILES string of the molecule is CC(C)Cc1nsc(NC2(C)CC2)n1. The van der Waals surface area contributed by atoms with Crippen molar-refractivity contribution in [3.63, 3.8) is 0 Å². The first kappa shape index (κ1) is 9.90. The first-order valence-corrected chi connectivity index (χ1v) is 5.95. The molecular weight excluding hydrogens is 194 g/mol. The van der Waals surface area contributed by atoms with Gasteiger partial charge in [-0.25, -0.2) is 4.98 Å². The summed E-state index contributed by atoms with van der Waals surface area (Å²) in [5, 5.41) is 4.42. The van der Waals surface area contributed by atoms with Gasteiger partial charge >= 0.3 is 0 Å². The van der Waals surface area contributed by atoms with E-state index in [0.717, 1.165) is 17.4 Å². The molecular formula is C10H17N3S. The first-order valence-electron chi connectivity index (χ1n) is 5.18. The lowest BCUT2D eigenvalue weighted by atomic mass is 10.1. The van der Waals surface area contributed by atoms with Crippen LogP contribution in [0.3, 0.4) is 0 Å². The Hall–Kier alpha value is -0.640. The summed E-state index contributed by atoms with van der Waals surface area (Å²) >= 11 is 1.49. The summed E-state index contributed by atoms with van der Waals surface area (Å²) in [6.07, 6.45) is 3.49. The fourth-order valence-electron chi connectivity index (χ4n) is 1.32. The van der Waals surface area contributed by atoms with Gasteiger partial charge < -0.3 is 5.32 Å². The van der Waals surface area contributed by atoms with Gasteiger partial charge in [0.05, 0.1) is 0 Å². The maximum Gasteiger partial charge on any atom is 0.202 e. The van der Waals surface area contributed by atoms with E-state index < -0.39 is 0 Å². The van der Waals surface area contributed by atoms with Crippen molar-refractivity contribution in [3.05, 3.63) is 5.82 Å². The van der Waals surface area contributed by atoms with Gasteiger partial charge in [-0.05, 0) is 25.7 Å². The van der Waals surface area contributed by atoms with Crippen LogP contribution in [-0.4, -0.2) is 14.9 Å². The predicted molar refractivity (Wildman–Crippen MR) is 59.7 cm³/mol. The lowest BCUT2D eigenvalue weighted by molar-refractivity contribution is 0.627. The molecule has 1 aromatic heterocycles. The molecule has 1 aliphatic carbocycles. The minimum atomic E-state index is 0.314. The van der Waals surface area contributed by atoms with E-state index in [0.29, 0.717) is 11.5 Å². The Kier molecular flexibility index (Phi) is 2.47. The van der Waals surface area contributed by atoms with Crippen molar-refractivity contribution in [1.29, 1.82) is 0 Å². The molecule has 1 saturated carbocycles. The van der Waals surface area contributed by atoms with Crippen molar-refractivity contribution in [2.45, 2.75) is 45.6 Å². The van der Waals surface area contributed by atoms with Crippen molar-refractivity contribution in [1.82, 2.24) is 9.36 Å². The largest absolute Gasteiger partial charge is 0.355 e. The number of hydrogen-bond donors (Lipinski definition) is 1. The number of hydrogen-bond acceptors (Lipinski definition) is 4. The van der Waals surface area contributed by atoms with Crippen molar-refractivity contribution in [2.24, 2.45) is 5.92 Å². The van der Waals surface area contributed by atoms with Crippen LogP contribution in [0.5, 0.6) is 0 Å². The standard InChI is InChI=1S/C10H17N3S/c1-7(2)6-8-11-9(14-13-8)12-10(3)4-5-10/h7H,4-6H2,1-3H3,(H,11,12,13). The summed E-state index contributed by atoms with van der Waals surface area (Å²) in [7, 11) is 0. The molecule has 1 aromatic rings. The average Bonchev–Trinajstić information content (AvgIpc) is 2.61. The minimum Gasteiger partial charge on any atom is -0.355 e. The third-order valence-corrected chi connectivity index (χ3v) is 3.14. The summed E-state index contributed by atoms with van der Waals surface area (Å²) in [4.78, 5) is 4.47. The van der Waals surface area contributed by atoms with Gasteiger partial charge in [-0.3, -0.25) is 0 Å². The molecule has 0 atom stereocenters. The minimum absolute atomic E-state index is 0.314. The smallest absolute Gasteiger partial charge is 0.202 e. The van der Waals surface area contributed by atoms with Crippen LogP contribution in [-0.2, 0) is 6.42 Å². The molecule has 2 rings (SSSR count). The van der Waals surface area contributed by atoms with Crippen LogP contribution >= 0.6 is 11.5 Å². The summed E-state index contributed by atoms with van der Waals surface area (Å²) in [6, 6.07) is 0. The van der Waals surface area contributed by atoms with Crippen LogP contribution < -0.4 is 5.32 Å². The van der Waals surface area contributed by atoms with Crippen LogP contribution in [0.25, 0.3) is 0 Å². The highest BCUT2D eigenvalue weighted by molar-refractivity contribution is 7.09. The van der Waals surface area contributed by atoms with Crippen LogP contribution in [0.15, 0.2) is 0 Å². The van der Waals surface area contributed by atoms with Crippen molar-refractivity contribution >= 4 is 16.7 Å². The maximum absolute atomic E-state index is 4.47. The maximum atomic E-state index is 4.47. The van der Waals surface area contributed by atoms with Crippen molar-refractivity contribution < 1.29 is 0 Å². The number of rotatable bonds is 4. The van der Waals surface area contributed by atoms with Gasteiger partial charge in [0, 0.05) is 23.5 Å². The van der Waals surface area contributed by atoms with Gasteiger partial charge in [0.25, 0.3) is 0 Å². The Bertz CT molecular complexity index is 315. The fourth-order valence-corrected chi connectivity index (χ4v) is 2.07. The lowest BCUT2D eigenvalue weighted by Gasteiger charge is -2.07. The number of aromatic nitrogens is 2. The third kappa shape index (κ3) is 2.44. The molecule has 1 N–H and O–H groups in total. The van der Waals surface area contributed by atoms with E-state index >= 15 is 0 Å². The van der Waals surface area contributed by atoms with E-state index in [9.17, 15) is 0 Å². The predicted octanol–water partition coefficient (Wildman–Crippen LogP) is 2.70. The summed E-state index contributed by atoms with van der Waals surface area (Å²) in [6.45, 7) is 6.61. The van der Waals surface area contributed by atoms with E-state index in [1.54, 1.807) is 0 Å². The average molecular weight is 211 g/mol. The van der Waals surface area contributed by atoms with Gasteiger partial charge in [0.1, 0.15) is 5.82 Å². The highest BCUT2D eigenvalue weighted by Gasteiger charge is 2.37. The Labute approximate surface area is 89.1 Å². The molecule has 0 unspecified atom stereocenters. The lowest BCUT2D eigenvalue weighted by Crippen LogP contribution is -2.15. The summed E-state index contributed by atoms with van der Waals surface area (Å²) in [5.41, 5.74) is 0.314. The highest BCUT2D eigenvalue weighted by atomic mass is 32.1. The zero-order valence-corrected chi connectivity index (χ0v) is 9.82. The Balaban J connectivity index is 1.95. The van der Waals surface area contributed by atoms with E-state index in [2.05, 4.69) is 35.4 Å². The number of anilines is 1. The number of nitrogens with one attached hydrogen (secondary N) is 1. The van der Waals surface area contributed by atoms with Crippen LogP contribution in [0.4, 0.5) is 5.13 Å². The zero-order valence-electron chi connectivity index (χ0n) is 9.00. The van der Waals surface area contributed by atoms with Crippen LogP contribution in [0.1, 0.15) is 39.4 Å². The van der Waals surface area contributed by atoms with Gasteiger partial charge in [0.2, 0.25) is 5.13 Å². The molecule has 0 bridgehead atoms. The van der Waals surface area contributed by atoms with Gasteiger partial charge in [-0.1, -0.05) is 13.8 Å². The number of nitrogens with zero attached hydrogens (tertiary/aromatic N) is 2. The second-order valence-corrected chi connectivity index (χ2v) is 5.55. The third-order valence-electron chi connectivity index (χ3n) is 2.47. The highest BCUT2D eigenvalue weighted by Crippen LogP contribution is 2.38. The molecule has 4 heteroatoms. The van der Waals surface area contributed by atoms with E-state index in [1.165, 1.54) is 24.4 Å². The normalized spacial score (nSPS) is 18.6. The monoisotopic (exact) mass is 211 g/mol. The van der Waals surface area contributed by atoms with Gasteiger partial charge in [0.15, 0.2) is 0 Å². The fraction of sp³-hybridized carbons (Fsp3) is 0.800. The van der Waals surface area contributed by atoms with Crippen molar-refractivity contribution in [3.8, 4) is 0 Å². The van der Waals surface area contributed by atoms with Gasteiger partial charge in [-0.15, -0.1) is 0 Å². The first-order chi connectivity index (χ1) is 6.57. The van der Waals surface area contributed by atoms with Crippen LogP contribution in [0.2, 0.25) is 0 Å². The summed E-state index contributed by atoms with van der Waals surface area (Å²) < 4.78 is 4.34. The summed E-state index contributed by atoms with van der Waals surface area (Å²) in [5.74, 6) is 1.62. The molecule has 0 spiro atoms. The van der Waals surface area contributed by atoms with Crippen molar-refractivity contribution in [2.75, 3.05) is 5.32 Å². The van der Waals surface area contributed by atoms with E-state index in [1.807, 2.05) is 0 Å². The Morgan fingerprint density at radius 2 is 2.21 bits per heavy atom. The zero-order chi connectivity index (χ0) is 10.2. The topological polar surface area (TPSA) is 37.8 Å². The molecule has 0 saturated heterocycles. The molecule has 1 aliphatic rings. The molecule has 0 radical (unpaired) electrons. The Morgan fingerprint density at radius 1 is 1.50 bits per heavy atom. The van der Waals surface area contributed by atoms with E-state index in [-0.39, 0.29) is 0 Å².